The number of phenols is 1. The molecule has 1 aliphatic heterocycles. The van der Waals surface area contributed by atoms with E-state index in [0.717, 1.165) is 38.9 Å². The van der Waals surface area contributed by atoms with Crippen molar-refractivity contribution in [3.05, 3.63) is 29.3 Å². The molecule has 0 bridgehead atoms. The zero-order chi connectivity index (χ0) is 13.8. The van der Waals surface area contributed by atoms with E-state index in [1.807, 2.05) is 12.1 Å². The highest BCUT2D eigenvalue weighted by atomic mass is 16.7. The molecule has 4 rings (SSSR count). The van der Waals surface area contributed by atoms with Gasteiger partial charge >= 0.3 is 0 Å². The van der Waals surface area contributed by atoms with Crippen LogP contribution in [-0.4, -0.2) is 24.1 Å². The Morgan fingerprint density at radius 1 is 1.15 bits per heavy atom. The molecule has 2 fully saturated rings. The quantitative estimate of drug-likeness (QED) is 0.788. The van der Waals surface area contributed by atoms with Crippen LogP contribution >= 0.6 is 0 Å². The molecule has 2 aliphatic carbocycles. The number of fused-ring (bicyclic) bond motifs is 3. The van der Waals surface area contributed by atoms with Crippen molar-refractivity contribution >= 4 is 0 Å². The van der Waals surface area contributed by atoms with Gasteiger partial charge in [-0.3, -0.25) is 0 Å². The summed E-state index contributed by atoms with van der Waals surface area (Å²) in [6.45, 7) is 3.87. The summed E-state index contributed by atoms with van der Waals surface area (Å²) in [7, 11) is 0. The Bertz CT molecular complexity index is 533. The van der Waals surface area contributed by atoms with Gasteiger partial charge < -0.3 is 14.6 Å². The van der Waals surface area contributed by atoms with Crippen LogP contribution in [0.4, 0.5) is 0 Å². The van der Waals surface area contributed by atoms with E-state index in [1.54, 1.807) is 0 Å². The van der Waals surface area contributed by atoms with Crippen LogP contribution in [0.15, 0.2) is 18.2 Å². The zero-order valence-electron chi connectivity index (χ0n) is 12.0. The van der Waals surface area contributed by atoms with Gasteiger partial charge in [0, 0.05) is 12.8 Å². The molecule has 1 saturated heterocycles. The highest BCUT2D eigenvalue weighted by Gasteiger charge is 2.51. The Morgan fingerprint density at radius 3 is 2.75 bits per heavy atom. The van der Waals surface area contributed by atoms with E-state index < -0.39 is 0 Å². The van der Waals surface area contributed by atoms with E-state index in [-0.39, 0.29) is 5.79 Å². The summed E-state index contributed by atoms with van der Waals surface area (Å²) in [5.74, 6) is 0.529. The predicted octanol–water partition coefficient (Wildman–Crippen LogP) is 3.36. The Kier molecular flexibility index (Phi) is 2.67. The third-order valence-electron chi connectivity index (χ3n) is 5.71. The van der Waals surface area contributed by atoms with Crippen molar-refractivity contribution in [1.82, 2.24) is 0 Å². The van der Waals surface area contributed by atoms with E-state index in [1.165, 1.54) is 17.5 Å². The van der Waals surface area contributed by atoms with Gasteiger partial charge in [-0.25, -0.2) is 0 Å². The smallest absolute Gasteiger partial charge is 0.169 e. The normalized spacial score (nSPS) is 34.8. The molecule has 3 aliphatic rings. The van der Waals surface area contributed by atoms with Crippen LogP contribution in [0.25, 0.3) is 0 Å². The fourth-order valence-corrected chi connectivity index (χ4v) is 4.42. The van der Waals surface area contributed by atoms with Gasteiger partial charge in [-0.1, -0.05) is 13.0 Å². The first-order chi connectivity index (χ1) is 9.60. The minimum Gasteiger partial charge on any atom is -0.508 e. The molecule has 0 unspecified atom stereocenters. The summed E-state index contributed by atoms with van der Waals surface area (Å²) < 4.78 is 11.9. The maximum atomic E-state index is 9.70. The highest BCUT2D eigenvalue weighted by Crippen LogP contribution is 2.57. The molecule has 1 saturated carbocycles. The molecule has 1 aromatic rings. The SMILES string of the molecule is C[C@@]12CCc3cc(O)ccc3[C@H]1CC1(CC2)OCCO1. The summed E-state index contributed by atoms with van der Waals surface area (Å²) >= 11 is 0. The average Bonchev–Trinajstić information content (AvgIpc) is 2.89. The lowest BCUT2D eigenvalue weighted by Crippen LogP contribution is -2.45. The molecule has 1 N–H and O–H groups in total. The molecule has 2 atom stereocenters. The molecule has 1 spiro atoms. The molecule has 3 nitrogen and oxygen atoms in total. The van der Waals surface area contributed by atoms with E-state index in [0.29, 0.717) is 17.1 Å². The molecule has 1 aromatic carbocycles. The fraction of sp³-hybridized carbons (Fsp3) is 0.647. The topological polar surface area (TPSA) is 38.7 Å². The molecule has 108 valence electrons. The summed E-state index contributed by atoms with van der Waals surface area (Å²) in [6.07, 6.45) is 5.42. The van der Waals surface area contributed by atoms with Crippen molar-refractivity contribution in [2.24, 2.45) is 5.41 Å². The van der Waals surface area contributed by atoms with Crippen LogP contribution in [0, 0.1) is 5.41 Å². The van der Waals surface area contributed by atoms with Crippen molar-refractivity contribution < 1.29 is 14.6 Å². The maximum Gasteiger partial charge on any atom is 0.169 e. The lowest BCUT2D eigenvalue weighted by molar-refractivity contribution is -0.197. The van der Waals surface area contributed by atoms with E-state index >= 15 is 0 Å². The second-order valence-electron chi connectivity index (χ2n) is 6.90. The van der Waals surface area contributed by atoms with Gasteiger partial charge in [0.25, 0.3) is 0 Å². The van der Waals surface area contributed by atoms with Gasteiger partial charge in [-0.05, 0) is 53.9 Å². The molecule has 3 heteroatoms. The van der Waals surface area contributed by atoms with Crippen molar-refractivity contribution in [2.45, 2.75) is 50.7 Å². The van der Waals surface area contributed by atoms with Gasteiger partial charge in [0.15, 0.2) is 5.79 Å². The van der Waals surface area contributed by atoms with E-state index in [4.69, 9.17) is 9.47 Å². The van der Waals surface area contributed by atoms with Crippen molar-refractivity contribution in [3.63, 3.8) is 0 Å². The maximum absolute atomic E-state index is 9.70. The van der Waals surface area contributed by atoms with Gasteiger partial charge in [0.1, 0.15) is 5.75 Å². The second kappa shape index (κ2) is 4.22. The first kappa shape index (κ1) is 12.7. The minimum absolute atomic E-state index is 0.337. The first-order valence-corrected chi connectivity index (χ1v) is 7.70. The number of rotatable bonds is 0. The molecular weight excluding hydrogens is 252 g/mol. The van der Waals surface area contributed by atoms with Crippen LogP contribution in [0.2, 0.25) is 0 Å². The van der Waals surface area contributed by atoms with Crippen LogP contribution in [0.3, 0.4) is 0 Å². The van der Waals surface area contributed by atoms with Gasteiger partial charge in [-0.2, -0.15) is 0 Å². The van der Waals surface area contributed by atoms with E-state index in [9.17, 15) is 5.11 Å². The number of hydrogen-bond acceptors (Lipinski definition) is 3. The molecular formula is C17H22O3. The Labute approximate surface area is 119 Å². The number of benzene rings is 1. The Balaban J connectivity index is 1.73. The lowest BCUT2D eigenvalue weighted by Gasteiger charge is -2.50. The molecule has 0 amide bonds. The third-order valence-corrected chi connectivity index (χ3v) is 5.71. The Morgan fingerprint density at radius 2 is 1.95 bits per heavy atom. The van der Waals surface area contributed by atoms with E-state index in [2.05, 4.69) is 13.0 Å². The number of ether oxygens (including phenoxy) is 2. The Hall–Kier alpha value is -1.06. The van der Waals surface area contributed by atoms with Crippen LogP contribution in [-0.2, 0) is 15.9 Å². The minimum atomic E-state index is -0.337. The van der Waals surface area contributed by atoms with Gasteiger partial charge in [0.2, 0.25) is 0 Å². The predicted molar refractivity (Wildman–Crippen MR) is 75.8 cm³/mol. The molecule has 0 aromatic heterocycles. The van der Waals surface area contributed by atoms with Crippen molar-refractivity contribution in [3.8, 4) is 5.75 Å². The van der Waals surface area contributed by atoms with Crippen molar-refractivity contribution in [1.29, 1.82) is 0 Å². The number of hydrogen-bond donors (Lipinski definition) is 1. The van der Waals surface area contributed by atoms with Gasteiger partial charge in [0.05, 0.1) is 13.2 Å². The summed E-state index contributed by atoms with van der Waals surface area (Å²) in [5, 5.41) is 9.70. The molecule has 0 radical (unpaired) electrons. The standard InChI is InChI=1S/C17H22O3/c1-16-5-4-12-10-13(18)2-3-14(12)15(16)11-17(7-6-16)19-8-9-20-17/h2-3,10,15,18H,4-9,11H2,1H3/t15-,16+/m1/s1. The van der Waals surface area contributed by atoms with Crippen LogP contribution in [0.5, 0.6) is 5.75 Å². The lowest BCUT2D eigenvalue weighted by atomic mass is 9.57. The van der Waals surface area contributed by atoms with Crippen LogP contribution < -0.4 is 0 Å². The number of aryl methyl sites for hydroxylation is 1. The fourth-order valence-electron chi connectivity index (χ4n) is 4.42. The zero-order valence-corrected chi connectivity index (χ0v) is 12.0. The average molecular weight is 274 g/mol. The summed E-state index contributed by atoms with van der Waals surface area (Å²) in [4.78, 5) is 0. The molecule has 1 heterocycles. The first-order valence-electron chi connectivity index (χ1n) is 7.70. The summed E-state index contributed by atoms with van der Waals surface area (Å²) in [5.41, 5.74) is 3.06. The van der Waals surface area contributed by atoms with Crippen LogP contribution in [0.1, 0.15) is 49.7 Å². The van der Waals surface area contributed by atoms with Gasteiger partial charge in [-0.15, -0.1) is 0 Å². The summed E-state index contributed by atoms with van der Waals surface area (Å²) in [6, 6.07) is 5.87. The van der Waals surface area contributed by atoms with Crippen molar-refractivity contribution in [2.75, 3.05) is 13.2 Å². The second-order valence-corrected chi connectivity index (χ2v) is 6.90. The number of phenolic OH excluding ortho intramolecular Hbond substituents is 1. The largest absolute Gasteiger partial charge is 0.508 e. The monoisotopic (exact) mass is 274 g/mol. The number of aromatic hydroxyl groups is 1. The molecule has 20 heavy (non-hydrogen) atoms. The highest BCUT2D eigenvalue weighted by molar-refractivity contribution is 5.40. The third kappa shape index (κ3) is 1.80.